The Morgan fingerprint density at radius 3 is 2.43 bits per heavy atom. The summed E-state index contributed by atoms with van der Waals surface area (Å²) < 4.78 is 19.5. The Labute approximate surface area is 217 Å². The number of nitrogens with two attached hydrogens (primary N) is 1. The number of halogens is 1. The molecule has 1 aliphatic heterocycles. The first kappa shape index (κ1) is 25.1. The van der Waals surface area contributed by atoms with E-state index in [1.165, 1.54) is 22.9 Å². The van der Waals surface area contributed by atoms with Crippen molar-refractivity contribution in [1.82, 2.24) is 14.9 Å². The molecule has 2 heterocycles. The predicted octanol–water partition coefficient (Wildman–Crippen LogP) is 4.82. The minimum absolute atomic E-state index is 0.0398. The second-order valence-electron chi connectivity index (χ2n) is 9.66. The summed E-state index contributed by atoms with van der Waals surface area (Å²) in [5.74, 6) is 1.42. The standard InChI is InChI=1S/C30H34FN5O/c31-25-11-8-23(9-12-25)22-37-29-13-10-24-5-1-2-7-27(24)28(29)21-26(32)6-3-16-35-17-19-36(20-18-35)30-33-14-4-15-34-30/h1-2,4-5,7-15,26H,3,6,16-22,32H2. The first-order chi connectivity index (χ1) is 18.2. The van der Waals surface area contributed by atoms with Gasteiger partial charge in [0.1, 0.15) is 18.2 Å². The highest BCUT2D eigenvalue weighted by molar-refractivity contribution is 5.87. The van der Waals surface area contributed by atoms with Gasteiger partial charge in [0.15, 0.2) is 0 Å². The third-order valence-corrected chi connectivity index (χ3v) is 7.03. The van der Waals surface area contributed by atoms with Gasteiger partial charge in [-0.1, -0.05) is 42.5 Å². The number of ether oxygens (including phenoxy) is 1. The fraction of sp³-hybridized carbons (Fsp3) is 0.333. The number of hydrogen-bond donors (Lipinski definition) is 1. The molecular weight excluding hydrogens is 465 g/mol. The van der Waals surface area contributed by atoms with Crippen LogP contribution in [0.25, 0.3) is 10.8 Å². The van der Waals surface area contributed by atoms with Crippen LogP contribution in [0.2, 0.25) is 0 Å². The van der Waals surface area contributed by atoms with Crippen LogP contribution in [-0.2, 0) is 13.0 Å². The van der Waals surface area contributed by atoms with Crippen molar-refractivity contribution >= 4 is 16.7 Å². The summed E-state index contributed by atoms with van der Waals surface area (Å²) in [5.41, 5.74) is 8.74. The molecule has 1 fully saturated rings. The quantitative estimate of drug-likeness (QED) is 0.338. The number of piperazine rings is 1. The second kappa shape index (κ2) is 12.1. The molecule has 1 unspecified atom stereocenters. The van der Waals surface area contributed by atoms with Crippen LogP contribution in [0.3, 0.4) is 0 Å². The Morgan fingerprint density at radius 2 is 1.65 bits per heavy atom. The van der Waals surface area contributed by atoms with E-state index < -0.39 is 0 Å². The average molecular weight is 500 g/mol. The van der Waals surface area contributed by atoms with Gasteiger partial charge in [-0.05, 0) is 66.4 Å². The molecule has 2 N–H and O–H groups in total. The van der Waals surface area contributed by atoms with Gasteiger partial charge in [-0.25, -0.2) is 14.4 Å². The van der Waals surface area contributed by atoms with Crippen molar-refractivity contribution in [2.75, 3.05) is 37.6 Å². The van der Waals surface area contributed by atoms with E-state index in [-0.39, 0.29) is 11.9 Å². The summed E-state index contributed by atoms with van der Waals surface area (Å²) >= 11 is 0. The smallest absolute Gasteiger partial charge is 0.225 e. The van der Waals surface area contributed by atoms with Gasteiger partial charge in [0.2, 0.25) is 5.95 Å². The highest BCUT2D eigenvalue weighted by Crippen LogP contribution is 2.30. The zero-order valence-electron chi connectivity index (χ0n) is 21.1. The topological polar surface area (TPSA) is 67.5 Å². The maximum atomic E-state index is 13.3. The fourth-order valence-electron chi connectivity index (χ4n) is 4.97. The molecule has 6 nitrogen and oxygen atoms in total. The van der Waals surface area contributed by atoms with Crippen LogP contribution >= 0.6 is 0 Å². The number of anilines is 1. The molecule has 1 saturated heterocycles. The molecule has 5 rings (SSSR count). The van der Waals surface area contributed by atoms with Crippen LogP contribution in [0.4, 0.5) is 10.3 Å². The van der Waals surface area contributed by atoms with Gasteiger partial charge in [0.05, 0.1) is 0 Å². The molecule has 0 aliphatic carbocycles. The number of rotatable bonds is 10. The molecule has 0 bridgehead atoms. The minimum Gasteiger partial charge on any atom is -0.489 e. The number of fused-ring (bicyclic) bond motifs is 1. The molecule has 0 saturated carbocycles. The summed E-state index contributed by atoms with van der Waals surface area (Å²) in [6.45, 7) is 5.35. The van der Waals surface area contributed by atoms with Crippen LogP contribution in [0.1, 0.15) is 24.0 Å². The molecular formula is C30H34FN5O. The van der Waals surface area contributed by atoms with Crippen molar-refractivity contribution in [2.45, 2.75) is 31.9 Å². The predicted molar refractivity (Wildman–Crippen MR) is 146 cm³/mol. The van der Waals surface area contributed by atoms with Gasteiger partial charge >= 0.3 is 0 Å². The van der Waals surface area contributed by atoms with Gasteiger partial charge in [-0.3, -0.25) is 4.90 Å². The average Bonchev–Trinajstić information content (AvgIpc) is 2.94. The van der Waals surface area contributed by atoms with Gasteiger partial charge in [0, 0.05) is 50.2 Å². The third-order valence-electron chi connectivity index (χ3n) is 7.03. The Morgan fingerprint density at radius 1 is 0.892 bits per heavy atom. The normalized spacial score (nSPS) is 15.1. The van der Waals surface area contributed by atoms with E-state index in [1.54, 1.807) is 24.5 Å². The van der Waals surface area contributed by atoms with E-state index in [4.69, 9.17) is 10.5 Å². The summed E-state index contributed by atoms with van der Waals surface area (Å²) in [6.07, 6.45) is 6.35. The molecule has 7 heteroatoms. The molecule has 4 aromatic rings. The van der Waals surface area contributed by atoms with E-state index in [0.717, 1.165) is 74.8 Å². The minimum atomic E-state index is -0.242. The van der Waals surface area contributed by atoms with Crippen LogP contribution in [-0.4, -0.2) is 53.6 Å². The molecule has 37 heavy (non-hydrogen) atoms. The first-order valence-corrected chi connectivity index (χ1v) is 13.0. The van der Waals surface area contributed by atoms with Crippen LogP contribution in [0, 0.1) is 5.82 Å². The van der Waals surface area contributed by atoms with Gasteiger partial charge < -0.3 is 15.4 Å². The summed E-state index contributed by atoms with van der Waals surface area (Å²) in [5, 5.41) is 2.35. The molecule has 1 aliphatic rings. The molecule has 1 atom stereocenters. The SMILES string of the molecule is NC(CCCN1CCN(c2ncccn2)CC1)Cc1c(OCc2ccc(F)cc2)ccc2ccccc12. The summed E-state index contributed by atoms with van der Waals surface area (Å²) in [4.78, 5) is 13.5. The number of hydrogen-bond acceptors (Lipinski definition) is 6. The second-order valence-corrected chi connectivity index (χ2v) is 9.66. The van der Waals surface area contributed by atoms with Crippen LogP contribution < -0.4 is 15.4 Å². The summed E-state index contributed by atoms with van der Waals surface area (Å²) in [7, 11) is 0. The Bertz CT molecular complexity index is 1280. The first-order valence-electron chi connectivity index (χ1n) is 13.0. The van der Waals surface area contributed by atoms with Crippen molar-refractivity contribution in [3.63, 3.8) is 0 Å². The maximum absolute atomic E-state index is 13.3. The largest absolute Gasteiger partial charge is 0.489 e. The number of benzene rings is 3. The molecule has 0 amide bonds. The third kappa shape index (κ3) is 6.61. The van der Waals surface area contributed by atoms with Gasteiger partial charge in [-0.15, -0.1) is 0 Å². The molecule has 1 aromatic heterocycles. The lowest BCUT2D eigenvalue weighted by molar-refractivity contribution is 0.249. The highest BCUT2D eigenvalue weighted by Gasteiger charge is 2.19. The van der Waals surface area contributed by atoms with Crippen molar-refractivity contribution in [3.05, 3.63) is 96.1 Å². The lowest BCUT2D eigenvalue weighted by atomic mass is 9.96. The summed E-state index contributed by atoms with van der Waals surface area (Å²) in [6, 6.07) is 20.8. The van der Waals surface area contributed by atoms with Gasteiger partial charge in [-0.2, -0.15) is 0 Å². The van der Waals surface area contributed by atoms with E-state index in [0.29, 0.717) is 6.61 Å². The van der Waals surface area contributed by atoms with Crippen molar-refractivity contribution < 1.29 is 9.13 Å². The number of aromatic nitrogens is 2. The van der Waals surface area contributed by atoms with Gasteiger partial charge in [0.25, 0.3) is 0 Å². The van der Waals surface area contributed by atoms with E-state index >= 15 is 0 Å². The Balaban J connectivity index is 1.16. The lowest BCUT2D eigenvalue weighted by Crippen LogP contribution is -2.47. The van der Waals surface area contributed by atoms with Crippen LogP contribution in [0.15, 0.2) is 79.1 Å². The van der Waals surface area contributed by atoms with Crippen molar-refractivity contribution in [1.29, 1.82) is 0 Å². The zero-order chi connectivity index (χ0) is 25.5. The number of nitrogens with zero attached hydrogens (tertiary/aromatic N) is 4. The lowest BCUT2D eigenvalue weighted by Gasteiger charge is -2.34. The van der Waals surface area contributed by atoms with Crippen LogP contribution in [0.5, 0.6) is 5.75 Å². The molecule has 192 valence electrons. The van der Waals surface area contributed by atoms with E-state index in [2.05, 4.69) is 50.1 Å². The molecule has 0 radical (unpaired) electrons. The fourth-order valence-corrected chi connectivity index (χ4v) is 4.97. The monoisotopic (exact) mass is 499 g/mol. The Hall–Kier alpha value is -3.55. The van der Waals surface area contributed by atoms with E-state index in [1.807, 2.05) is 12.1 Å². The zero-order valence-corrected chi connectivity index (χ0v) is 21.1. The highest BCUT2D eigenvalue weighted by atomic mass is 19.1. The van der Waals surface area contributed by atoms with Crippen molar-refractivity contribution in [3.8, 4) is 5.75 Å². The Kier molecular flexibility index (Phi) is 8.23. The molecule has 3 aromatic carbocycles. The van der Waals surface area contributed by atoms with E-state index in [9.17, 15) is 4.39 Å². The maximum Gasteiger partial charge on any atom is 0.225 e. The molecule has 0 spiro atoms. The van der Waals surface area contributed by atoms with Crippen molar-refractivity contribution in [2.24, 2.45) is 5.73 Å².